The Kier molecular flexibility index (Phi) is 8.17. The standard InChI is InChI=1S/C58H38N2O/c1-2-14-40(15-3-1)48-21-6-9-25-54(48)59(46-19-13-18-43(37-46)44-31-34-52-53-35-30-41-16-4-5-22-49(41)58(53)61-57(52)38-44)45-32-28-39(29-33-45)42-17-12-20-47(36-42)60-55-26-10-7-23-50(55)51-24-8-11-27-56(51)60/h1-38H. The van der Waals surface area contributed by atoms with Crippen molar-refractivity contribution in [3.05, 3.63) is 231 Å². The molecule has 3 heteroatoms. The van der Waals surface area contributed by atoms with E-state index in [0.29, 0.717) is 0 Å². The molecule has 0 spiro atoms. The first kappa shape index (κ1) is 34.9. The lowest BCUT2D eigenvalue weighted by atomic mass is 9.99. The van der Waals surface area contributed by atoms with Crippen molar-refractivity contribution in [2.45, 2.75) is 0 Å². The van der Waals surface area contributed by atoms with Crippen molar-refractivity contribution < 1.29 is 4.42 Å². The van der Waals surface area contributed by atoms with Gasteiger partial charge in [-0.3, -0.25) is 0 Å². The van der Waals surface area contributed by atoms with Crippen LogP contribution in [0.25, 0.3) is 93.6 Å². The van der Waals surface area contributed by atoms with Crippen LogP contribution in [0, 0.1) is 0 Å². The minimum atomic E-state index is 0.887. The fourth-order valence-electron chi connectivity index (χ4n) is 9.29. The molecule has 0 amide bonds. The van der Waals surface area contributed by atoms with Crippen LogP contribution in [0.2, 0.25) is 0 Å². The number of anilines is 3. The molecule has 0 aliphatic carbocycles. The van der Waals surface area contributed by atoms with E-state index in [1.165, 1.54) is 32.8 Å². The van der Waals surface area contributed by atoms with Crippen LogP contribution in [-0.4, -0.2) is 4.57 Å². The van der Waals surface area contributed by atoms with Gasteiger partial charge >= 0.3 is 0 Å². The molecule has 12 aromatic rings. The molecule has 2 heterocycles. The van der Waals surface area contributed by atoms with Gasteiger partial charge in [-0.1, -0.05) is 158 Å². The van der Waals surface area contributed by atoms with Crippen LogP contribution in [-0.2, 0) is 0 Å². The van der Waals surface area contributed by atoms with Crippen LogP contribution in [0.5, 0.6) is 0 Å². The van der Waals surface area contributed by atoms with Crippen molar-refractivity contribution in [3.8, 4) is 39.1 Å². The quantitative estimate of drug-likeness (QED) is 0.161. The second-order valence-electron chi connectivity index (χ2n) is 15.7. The Morgan fingerprint density at radius 3 is 1.75 bits per heavy atom. The number of fused-ring (bicyclic) bond motifs is 8. The highest BCUT2D eigenvalue weighted by Gasteiger charge is 2.19. The Hall–Kier alpha value is -8.14. The molecule has 2 aromatic heterocycles. The van der Waals surface area contributed by atoms with Gasteiger partial charge in [-0.2, -0.15) is 0 Å². The third-order valence-electron chi connectivity index (χ3n) is 12.2. The predicted octanol–water partition coefficient (Wildman–Crippen LogP) is 16.3. The lowest BCUT2D eigenvalue weighted by Gasteiger charge is -2.28. The molecule has 0 N–H and O–H groups in total. The molecular formula is C58H38N2O. The average Bonchev–Trinajstić information content (AvgIpc) is 3.88. The van der Waals surface area contributed by atoms with Crippen molar-refractivity contribution in [2.24, 2.45) is 0 Å². The summed E-state index contributed by atoms with van der Waals surface area (Å²) in [5, 5.41) is 7.10. The van der Waals surface area contributed by atoms with Crippen LogP contribution < -0.4 is 4.90 Å². The highest BCUT2D eigenvalue weighted by atomic mass is 16.3. The van der Waals surface area contributed by atoms with Crippen molar-refractivity contribution in [3.63, 3.8) is 0 Å². The van der Waals surface area contributed by atoms with Gasteiger partial charge in [0.05, 0.1) is 16.7 Å². The molecule has 0 bridgehead atoms. The van der Waals surface area contributed by atoms with E-state index in [-0.39, 0.29) is 0 Å². The molecule has 61 heavy (non-hydrogen) atoms. The van der Waals surface area contributed by atoms with Crippen molar-refractivity contribution in [1.82, 2.24) is 4.57 Å². The minimum Gasteiger partial charge on any atom is -0.455 e. The summed E-state index contributed by atoms with van der Waals surface area (Å²) in [6, 6.07) is 82.9. The number of benzene rings is 10. The van der Waals surface area contributed by atoms with E-state index in [1.54, 1.807) is 0 Å². The molecule has 12 rings (SSSR count). The number of hydrogen-bond donors (Lipinski definition) is 0. The maximum Gasteiger partial charge on any atom is 0.143 e. The zero-order valence-electron chi connectivity index (χ0n) is 33.2. The molecule has 0 fully saturated rings. The van der Waals surface area contributed by atoms with Crippen LogP contribution in [0.4, 0.5) is 17.1 Å². The summed E-state index contributed by atoms with van der Waals surface area (Å²) in [4.78, 5) is 2.38. The summed E-state index contributed by atoms with van der Waals surface area (Å²) in [5.41, 5.74) is 15.5. The van der Waals surface area contributed by atoms with Crippen LogP contribution in [0.15, 0.2) is 235 Å². The van der Waals surface area contributed by atoms with Gasteiger partial charge in [0, 0.05) is 49.6 Å². The second-order valence-corrected chi connectivity index (χ2v) is 15.7. The summed E-state index contributed by atoms with van der Waals surface area (Å²) < 4.78 is 8.99. The Morgan fingerprint density at radius 2 is 0.951 bits per heavy atom. The smallest absolute Gasteiger partial charge is 0.143 e. The topological polar surface area (TPSA) is 21.3 Å². The van der Waals surface area contributed by atoms with E-state index in [9.17, 15) is 0 Å². The highest BCUT2D eigenvalue weighted by molar-refractivity contribution is 6.15. The molecule has 286 valence electrons. The van der Waals surface area contributed by atoms with E-state index in [0.717, 1.165) is 77.9 Å². The molecule has 10 aromatic carbocycles. The average molecular weight is 779 g/mol. The van der Waals surface area contributed by atoms with E-state index >= 15 is 0 Å². The first-order chi connectivity index (χ1) is 30.2. The maximum atomic E-state index is 6.61. The predicted molar refractivity (Wildman–Crippen MR) is 257 cm³/mol. The minimum absolute atomic E-state index is 0.887. The lowest BCUT2D eigenvalue weighted by molar-refractivity contribution is 0.673. The number of hydrogen-bond acceptors (Lipinski definition) is 2. The van der Waals surface area contributed by atoms with Crippen LogP contribution >= 0.6 is 0 Å². The number of nitrogens with zero attached hydrogens (tertiary/aromatic N) is 2. The van der Waals surface area contributed by atoms with Crippen LogP contribution in [0.3, 0.4) is 0 Å². The Morgan fingerprint density at radius 1 is 0.344 bits per heavy atom. The number of furan rings is 1. The first-order valence-electron chi connectivity index (χ1n) is 20.8. The molecule has 0 aliphatic rings. The van der Waals surface area contributed by atoms with Crippen molar-refractivity contribution in [1.29, 1.82) is 0 Å². The molecule has 3 nitrogen and oxygen atoms in total. The summed E-state index contributed by atoms with van der Waals surface area (Å²) in [7, 11) is 0. The van der Waals surface area contributed by atoms with E-state index < -0.39 is 0 Å². The number of para-hydroxylation sites is 3. The fourth-order valence-corrected chi connectivity index (χ4v) is 9.29. The van der Waals surface area contributed by atoms with E-state index in [2.05, 4.69) is 240 Å². The van der Waals surface area contributed by atoms with Crippen molar-refractivity contribution in [2.75, 3.05) is 4.90 Å². The van der Waals surface area contributed by atoms with Gasteiger partial charge in [-0.15, -0.1) is 0 Å². The van der Waals surface area contributed by atoms with Gasteiger partial charge in [0.1, 0.15) is 11.2 Å². The zero-order valence-corrected chi connectivity index (χ0v) is 33.2. The molecule has 0 saturated heterocycles. The molecule has 0 aliphatic heterocycles. The lowest BCUT2D eigenvalue weighted by Crippen LogP contribution is -2.11. The zero-order chi connectivity index (χ0) is 40.3. The van der Waals surface area contributed by atoms with Gasteiger partial charge in [-0.25, -0.2) is 0 Å². The van der Waals surface area contributed by atoms with Gasteiger partial charge in [-0.05, 0) is 106 Å². The van der Waals surface area contributed by atoms with Gasteiger partial charge in [0.2, 0.25) is 0 Å². The second kappa shape index (κ2) is 14.3. The SMILES string of the molecule is c1ccc(-c2ccccc2N(c2ccc(-c3cccc(-n4c5ccccc5c5ccccc54)c3)cc2)c2cccc(-c3ccc4c(c3)oc3c5ccccc5ccc43)c2)cc1. The summed E-state index contributed by atoms with van der Waals surface area (Å²) >= 11 is 0. The third-order valence-corrected chi connectivity index (χ3v) is 12.2. The molecule has 0 atom stereocenters. The summed E-state index contributed by atoms with van der Waals surface area (Å²) in [5.74, 6) is 0. The largest absolute Gasteiger partial charge is 0.455 e. The molecule has 0 saturated carbocycles. The van der Waals surface area contributed by atoms with Gasteiger partial charge in [0.25, 0.3) is 0 Å². The Labute approximate surface area is 353 Å². The van der Waals surface area contributed by atoms with Crippen LogP contribution in [0.1, 0.15) is 0 Å². The molecule has 0 radical (unpaired) electrons. The Balaban J connectivity index is 0.962. The van der Waals surface area contributed by atoms with E-state index in [4.69, 9.17) is 4.42 Å². The molecule has 0 unspecified atom stereocenters. The van der Waals surface area contributed by atoms with Gasteiger partial charge in [0.15, 0.2) is 0 Å². The van der Waals surface area contributed by atoms with Crippen molar-refractivity contribution >= 4 is 71.6 Å². The monoisotopic (exact) mass is 778 g/mol. The Bertz CT molecular complexity index is 3540. The summed E-state index contributed by atoms with van der Waals surface area (Å²) in [6.45, 7) is 0. The maximum absolute atomic E-state index is 6.61. The number of rotatable bonds is 7. The third kappa shape index (κ3) is 5.90. The fraction of sp³-hybridized carbons (Fsp3) is 0. The van der Waals surface area contributed by atoms with Gasteiger partial charge < -0.3 is 13.9 Å². The normalized spacial score (nSPS) is 11.6. The summed E-state index contributed by atoms with van der Waals surface area (Å²) in [6.07, 6.45) is 0. The van der Waals surface area contributed by atoms with E-state index in [1.807, 2.05) is 0 Å². The molecular weight excluding hydrogens is 741 g/mol. The highest BCUT2D eigenvalue weighted by Crippen LogP contribution is 2.43. The first-order valence-corrected chi connectivity index (χ1v) is 20.8. The number of aromatic nitrogens is 1.